The maximum atomic E-state index is 5.37. The van der Waals surface area contributed by atoms with Gasteiger partial charge in [-0.3, -0.25) is 0 Å². The lowest BCUT2D eigenvalue weighted by Crippen LogP contribution is -2.37. The van der Waals surface area contributed by atoms with Crippen molar-refractivity contribution in [1.29, 1.82) is 0 Å². The zero-order chi connectivity index (χ0) is 11.0. The number of rotatable bonds is 1. The van der Waals surface area contributed by atoms with E-state index in [-0.39, 0.29) is 0 Å². The first-order valence-corrected chi connectivity index (χ1v) is 5.59. The molecule has 0 atom stereocenters. The predicted octanol–water partition coefficient (Wildman–Crippen LogP) is 1.41. The van der Waals surface area contributed by atoms with Crippen molar-refractivity contribution in [2.75, 3.05) is 31.2 Å². The van der Waals surface area contributed by atoms with Gasteiger partial charge in [-0.15, -0.1) is 0 Å². The Hall–Kier alpha value is -1.55. The van der Waals surface area contributed by atoms with Gasteiger partial charge in [0.15, 0.2) is 5.82 Å². The minimum absolute atomic E-state index is 0.794. The van der Waals surface area contributed by atoms with E-state index in [1.807, 2.05) is 6.20 Å². The molecule has 2 aromatic heterocycles. The topological polar surface area (TPSA) is 30.3 Å². The predicted molar refractivity (Wildman–Crippen MR) is 63.7 cm³/mol. The normalized spacial score (nSPS) is 16.9. The number of pyridine rings is 1. The minimum Gasteiger partial charge on any atom is -0.378 e. The van der Waals surface area contributed by atoms with Crippen molar-refractivity contribution >= 4 is 16.7 Å². The molecule has 4 nitrogen and oxygen atoms in total. The van der Waals surface area contributed by atoms with Gasteiger partial charge in [-0.2, -0.15) is 0 Å². The second kappa shape index (κ2) is 3.79. The Balaban J connectivity index is 2.10. The molecule has 0 unspecified atom stereocenters. The third-order valence-electron chi connectivity index (χ3n) is 3.08. The van der Waals surface area contributed by atoms with Crippen LogP contribution in [0.4, 0.5) is 5.82 Å². The van der Waals surface area contributed by atoms with Crippen LogP contribution in [0.15, 0.2) is 24.5 Å². The average Bonchev–Trinajstić information content (AvgIpc) is 2.73. The molecule has 0 saturated carbocycles. The lowest BCUT2D eigenvalue weighted by atomic mass is 10.3. The monoisotopic (exact) mass is 217 g/mol. The van der Waals surface area contributed by atoms with E-state index in [9.17, 15) is 0 Å². The van der Waals surface area contributed by atoms with Crippen molar-refractivity contribution in [2.45, 2.75) is 0 Å². The number of fused-ring (bicyclic) bond motifs is 1. The third kappa shape index (κ3) is 1.46. The van der Waals surface area contributed by atoms with Gasteiger partial charge in [0.1, 0.15) is 0 Å². The Morgan fingerprint density at radius 1 is 1.25 bits per heavy atom. The van der Waals surface area contributed by atoms with E-state index in [0.717, 1.165) is 32.1 Å². The number of nitrogens with zero attached hydrogens (tertiary/aromatic N) is 3. The van der Waals surface area contributed by atoms with Crippen molar-refractivity contribution in [3.8, 4) is 0 Å². The maximum Gasteiger partial charge on any atom is 0.153 e. The SMILES string of the molecule is Cn1ccc2ccnc(N3CCOCC3)c21. The van der Waals surface area contributed by atoms with Gasteiger partial charge in [0.25, 0.3) is 0 Å². The van der Waals surface area contributed by atoms with E-state index < -0.39 is 0 Å². The summed E-state index contributed by atoms with van der Waals surface area (Å²) in [6, 6.07) is 4.18. The second-order valence-electron chi connectivity index (χ2n) is 4.10. The first-order chi connectivity index (χ1) is 7.86. The summed E-state index contributed by atoms with van der Waals surface area (Å²) in [7, 11) is 2.06. The summed E-state index contributed by atoms with van der Waals surface area (Å²) < 4.78 is 7.50. The molecule has 0 bridgehead atoms. The van der Waals surface area contributed by atoms with Gasteiger partial charge in [0.2, 0.25) is 0 Å². The molecule has 3 rings (SSSR count). The second-order valence-corrected chi connectivity index (χ2v) is 4.10. The van der Waals surface area contributed by atoms with E-state index in [0.29, 0.717) is 0 Å². The molecule has 0 radical (unpaired) electrons. The Bertz CT molecular complexity index is 500. The van der Waals surface area contributed by atoms with Gasteiger partial charge in [-0.05, 0) is 12.1 Å². The first-order valence-electron chi connectivity index (χ1n) is 5.59. The lowest BCUT2D eigenvalue weighted by Gasteiger charge is -2.28. The Morgan fingerprint density at radius 2 is 2.06 bits per heavy atom. The molecule has 1 saturated heterocycles. The zero-order valence-corrected chi connectivity index (χ0v) is 9.39. The quantitative estimate of drug-likeness (QED) is 0.723. The number of aryl methyl sites for hydroxylation is 1. The van der Waals surface area contributed by atoms with Gasteiger partial charge in [-0.25, -0.2) is 4.98 Å². The van der Waals surface area contributed by atoms with Gasteiger partial charge in [-0.1, -0.05) is 0 Å². The van der Waals surface area contributed by atoms with Crippen LogP contribution < -0.4 is 4.90 Å². The molecule has 1 aliphatic heterocycles. The van der Waals surface area contributed by atoms with Crippen LogP contribution in [0.25, 0.3) is 10.9 Å². The van der Waals surface area contributed by atoms with E-state index in [2.05, 4.69) is 39.8 Å². The Morgan fingerprint density at radius 3 is 2.88 bits per heavy atom. The molecule has 16 heavy (non-hydrogen) atoms. The Labute approximate surface area is 94.4 Å². The van der Waals surface area contributed by atoms with Crippen LogP contribution >= 0.6 is 0 Å². The van der Waals surface area contributed by atoms with Crippen LogP contribution in [0.2, 0.25) is 0 Å². The van der Waals surface area contributed by atoms with Gasteiger partial charge in [0.05, 0.1) is 18.7 Å². The fraction of sp³-hybridized carbons (Fsp3) is 0.417. The first kappa shape index (κ1) is 9.66. The van der Waals surface area contributed by atoms with Gasteiger partial charge >= 0.3 is 0 Å². The fourth-order valence-electron chi connectivity index (χ4n) is 2.23. The van der Waals surface area contributed by atoms with Crippen LogP contribution in [-0.2, 0) is 11.8 Å². The van der Waals surface area contributed by atoms with Crippen LogP contribution in [0.1, 0.15) is 0 Å². The maximum absolute atomic E-state index is 5.37. The van der Waals surface area contributed by atoms with Crippen LogP contribution in [-0.4, -0.2) is 35.9 Å². The van der Waals surface area contributed by atoms with E-state index in [1.165, 1.54) is 10.9 Å². The summed E-state index contributed by atoms with van der Waals surface area (Å²) in [5, 5.41) is 1.25. The molecule has 0 aromatic carbocycles. The standard InChI is InChI=1S/C12H15N3O/c1-14-5-3-10-2-4-13-12(11(10)14)15-6-8-16-9-7-15/h2-5H,6-9H2,1H3. The molecule has 2 aromatic rings. The number of aromatic nitrogens is 2. The van der Waals surface area contributed by atoms with E-state index in [4.69, 9.17) is 4.74 Å². The summed E-state index contributed by atoms with van der Waals surface area (Å²) in [5.41, 5.74) is 1.21. The highest BCUT2D eigenvalue weighted by Crippen LogP contribution is 2.25. The van der Waals surface area contributed by atoms with Crippen molar-refractivity contribution in [3.63, 3.8) is 0 Å². The van der Waals surface area contributed by atoms with E-state index >= 15 is 0 Å². The smallest absolute Gasteiger partial charge is 0.153 e. The average molecular weight is 217 g/mol. The number of anilines is 1. The summed E-state index contributed by atoms with van der Waals surface area (Å²) in [4.78, 5) is 6.81. The zero-order valence-electron chi connectivity index (χ0n) is 9.39. The molecule has 1 fully saturated rings. The van der Waals surface area contributed by atoms with Crippen molar-refractivity contribution < 1.29 is 4.74 Å². The fourth-order valence-corrected chi connectivity index (χ4v) is 2.23. The van der Waals surface area contributed by atoms with Crippen molar-refractivity contribution in [1.82, 2.24) is 9.55 Å². The number of hydrogen-bond acceptors (Lipinski definition) is 3. The highest BCUT2D eigenvalue weighted by molar-refractivity contribution is 5.89. The van der Waals surface area contributed by atoms with Crippen LogP contribution in [0.3, 0.4) is 0 Å². The molecule has 0 spiro atoms. The molecule has 3 heterocycles. The molecule has 0 aliphatic carbocycles. The largest absolute Gasteiger partial charge is 0.378 e. The molecule has 1 aliphatic rings. The van der Waals surface area contributed by atoms with Crippen molar-refractivity contribution in [2.24, 2.45) is 7.05 Å². The summed E-state index contributed by atoms with van der Waals surface area (Å²) in [6.45, 7) is 3.44. The summed E-state index contributed by atoms with van der Waals surface area (Å²) in [6.07, 6.45) is 3.96. The van der Waals surface area contributed by atoms with Gasteiger partial charge < -0.3 is 14.2 Å². The van der Waals surface area contributed by atoms with E-state index in [1.54, 1.807) is 0 Å². The minimum atomic E-state index is 0.794. The van der Waals surface area contributed by atoms with Crippen LogP contribution in [0.5, 0.6) is 0 Å². The molecule has 4 heteroatoms. The summed E-state index contributed by atoms with van der Waals surface area (Å²) >= 11 is 0. The van der Waals surface area contributed by atoms with Gasteiger partial charge in [0, 0.05) is 37.9 Å². The molecule has 0 amide bonds. The summed E-state index contributed by atoms with van der Waals surface area (Å²) in [5.74, 6) is 1.08. The van der Waals surface area contributed by atoms with Crippen LogP contribution in [0, 0.1) is 0 Å². The Kier molecular flexibility index (Phi) is 2.29. The molecule has 0 N–H and O–H groups in total. The highest BCUT2D eigenvalue weighted by atomic mass is 16.5. The molecular weight excluding hydrogens is 202 g/mol. The molecular formula is C12H15N3O. The lowest BCUT2D eigenvalue weighted by molar-refractivity contribution is 0.122. The number of ether oxygens (including phenoxy) is 1. The van der Waals surface area contributed by atoms with Crippen molar-refractivity contribution in [3.05, 3.63) is 24.5 Å². The number of morpholine rings is 1. The highest BCUT2D eigenvalue weighted by Gasteiger charge is 2.16. The third-order valence-corrected chi connectivity index (χ3v) is 3.08. The number of hydrogen-bond donors (Lipinski definition) is 0. The molecule has 84 valence electrons.